The van der Waals surface area contributed by atoms with E-state index in [-0.39, 0.29) is 5.75 Å². The van der Waals surface area contributed by atoms with Crippen LogP contribution in [0.15, 0.2) is 48.5 Å². The van der Waals surface area contributed by atoms with E-state index in [4.69, 9.17) is 0 Å². The summed E-state index contributed by atoms with van der Waals surface area (Å²) in [5, 5.41) is 0. The van der Waals surface area contributed by atoms with E-state index in [0.717, 1.165) is 35.6 Å². The van der Waals surface area contributed by atoms with Gasteiger partial charge in [-0.2, -0.15) is 0 Å². The number of nitrogens with zero attached hydrogens (tertiary/aromatic N) is 3. The second-order valence-corrected chi connectivity index (χ2v) is 8.99. The molecule has 0 bridgehead atoms. The maximum atomic E-state index is 13.1. The van der Waals surface area contributed by atoms with E-state index < -0.39 is 10.0 Å². The quantitative estimate of drug-likeness (QED) is 0.781. The number of anilines is 2. The molecule has 5 nitrogen and oxygen atoms in total. The number of hydrogen-bond donors (Lipinski definition) is 0. The van der Waals surface area contributed by atoms with Crippen LogP contribution in [0.1, 0.15) is 11.1 Å². The molecule has 3 rings (SSSR count). The van der Waals surface area contributed by atoms with Crippen molar-refractivity contribution < 1.29 is 8.42 Å². The number of fused-ring (bicyclic) bond motifs is 1. The number of hydrogen-bond acceptors (Lipinski definition) is 4. The first kappa shape index (κ1) is 18.7. The zero-order valence-corrected chi connectivity index (χ0v) is 16.5. The molecule has 0 atom stereocenters. The van der Waals surface area contributed by atoms with Gasteiger partial charge in [0.25, 0.3) is 0 Å². The topological polar surface area (TPSA) is 43.9 Å². The Bertz CT molecular complexity index is 865. The van der Waals surface area contributed by atoms with Crippen molar-refractivity contribution in [3.8, 4) is 0 Å². The molecule has 26 heavy (non-hydrogen) atoms. The highest BCUT2D eigenvalue weighted by Crippen LogP contribution is 2.35. The lowest BCUT2D eigenvalue weighted by Gasteiger charge is -2.38. The molecular formula is C20H27N3O2S. The predicted molar refractivity (Wildman–Crippen MR) is 108 cm³/mol. The van der Waals surface area contributed by atoms with Crippen LogP contribution in [-0.4, -0.2) is 53.6 Å². The molecule has 0 aromatic heterocycles. The molecule has 0 radical (unpaired) electrons. The summed E-state index contributed by atoms with van der Waals surface area (Å²) >= 11 is 0. The number of para-hydroxylation sites is 2. The fourth-order valence-electron chi connectivity index (χ4n) is 3.33. The monoisotopic (exact) mass is 373 g/mol. The van der Waals surface area contributed by atoms with Gasteiger partial charge in [-0.25, -0.2) is 8.42 Å². The second kappa shape index (κ2) is 7.68. The van der Waals surface area contributed by atoms with Crippen molar-refractivity contribution in [3.05, 3.63) is 59.7 Å². The fourth-order valence-corrected chi connectivity index (χ4v) is 4.90. The van der Waals surface area contributed by atoms with Crippen LogP contribution in [-0.2, 0) is 15.8 Å². The first-order valence-corrected chi connectivity index (χ1v) is 10.5. The van der Waals surface area contributed by atoms with Gasteiger partial charge in [0, 0.05) is 19.6 Å². The minimum absolute atomic E-state index is 0.0285. The van der Waals surface area contributed by atoms with Crippen LogP contribution in [0.3, 0.4) is 0 Å². The largest absolute Gasteiger partial charge is 0.367 e. The van der Waals surface area contributed by atoms with Crippen molar-refractivity contribution in [3.63, 3.8) is 0 Å². The standard InChI is InChI=1S/C20H27N3O2S/c1-17-7-6-8-18(15-17)16-26(24,25)23-14-13-22(12-11-21(2)3)19-9-4-5-10-20(19)23/h4-10,15H,11-14,16H2,1-3H3. The lowest BCUT2D eigenvalue weighted by atomic mass is 10.2. The first-order valence-electron chi connectivity index (χ1n) is 8.91. The second-order valence-electron chi connectivity index (χ2n) is 7.10. The molecule has 1 heterocycles. The highest BCUT2D eigenvalue weighted by atomic mass is 32.2. The van der Waals surface area contributed by atoms with E-state index in [1.165, 1.54) is 0 Å². The number of likely N-dealkylation sites (N-methyl/N-ethyl adjacent to an activating group) is 1. The summed E-state index contributed by atoms with van der Waals surface area (Å²) in [7, 11) is 0.675. The van der Waals surface area contributed by atoms with E-state index in [0.29, 0.717) is 13.1 Å². The van der Waals surface area contributed by atoms with E-state index in [9.17, 15) is 8.42 Å². The molecule has 140 valence electrons. The molecular weight excluding hydrogens is 346 g/mol. The van der Waals surface area contributed by atoms with Crippen molar-refractivity contribution in [2.24, 2.45) is 0 Å². The Morgan fingerprint density at radius 3 is 2.42 bits per heavy atom. The van der Waals surface area contributed by atoms with Crippen LogP contribution >= 0.6 is 0 Å². The van der Waals surface area contributed by atoms with Gasteiger partial charge in [0.2, 0.25) is 10.0 Å². The summed E-state index contributed by atoms with van der Waals surface area (Å²) in [5.74, 6) is 0.0285. The van der Waals surface area contributed by atoms with Gasteiger partial charge in [0.15, 0.2) is 0 Å². The molecule has 0 fully saturated rings. The minimum Gasteiger partial charge on any atom is -0.367 e. The molecule has 1 aliphatic rings. The van der Waals surface area contributed by atoms with Crippen LogP contribution in [0.5, 0.6) is 0 Å². The van der Waals surface area contributed by atoms with E-state index >= 15 is 0 Å². The third-order valence-electron chi connectivity index (χ3n) is 4.65. The van der Waals surface area contributed by atoms with Crippen LogP contribution in [0, 0.1) is 6.92 Å². The Morgan fingerprint density at radius 1 is 1.00 bits per heavy atom. The zero-order chi connectivity index (χ0) is 18.7. The molecule has 0 saturated heterocycles. The van der Waals surface area contributed by atoms with Gasteiger partial charge >= 0.3 is 0 Å². The van der Waals surface area contributed by atoms with Crippen molar-refractivity contribution in [1.82, 2.24) is 4.90 Å². The Balaban J connectivity index is 1.86. The normalized spacial score (nSPS) is 14.6. The van der Waals surface area contributed by atoms with Gasteiger partial charge in [-0.05, 0) is 38.7 Å². The third kappa shape index (κ3) is 4.19. The molecule has 2 aromatic carbocycles. The number of rotatable bonds is 6. The van der Waals surface area contributed by atoms with Gasteiger partial charge < -0.3 is 9.80 Å². The Labute approximate surface area is 156 Å². The number of sulfonamides is 1. The molecule has 0 N–H and O–H groups in total. The molecule has 0 saturated carbocycles. The van der Waals surface area contributed by atoms with Crippen LogP contribution < -0.4 is 9.21 Å². The van der Waals surface area contributed by atoms with E-state index in [1.54, 1.807) is 4.31 Å². The van der Waals surface area contributed by atoms with Gasteiger partial charge in [0.05, 0.1) is 23.7 Å². The average molecular weight is 374 g/mol. The summed E-state index contributed by atoms with van der Waals surface area (Å²) < 4.78 is 27.8. The molecule has 0 aliphatic carbocycles. The molecule has 6 heteroatoms. The molecule has 0 unspecified atom stereocenters. The fraction of sp³-hybridized carbons (Fsp3) is 0.400. The van der Waals surface area contributed by atoms with Crippen molar-refractivity contribution in [1.29, 1.82) is 0 Å². The summed E-state index contributed by atoms with van der Waals surface area (Å²) in [6, 6.07) is 15.5. The van der Waals surface area contributed by atoms with Gasteiger partial charge in [-0.3, -0.25) is 4.31 Å². The Morgan fingerprint density at radius 2 is 1.73 bits per heavy atom. The van der Waals surface area contributed by atoms with Gasteiger partial charge in [-0.1, -0.05) is 42.0 Å². The third-order valence-corrected chi connectivity index (χ3v) is 6.40. The maximum Gasteiger partial charge on any atom is 0.239 e. The van der Waals surface area contributed by atoms with Crippen LogP contribution in [0.25, 0.3) is 0 Å². The van der Waals surface area contributed by atoms with Crippen LogP contribution in [0.2, 0.25) is 0 Å². The average Bonchev–Trinajstić information content (AvgIpc) is 2.59. The summed E-state index contributed by atoms with van der Waals surface area (Å²) in [6.45, 7) is 4.99. The first-order chi connectivity index (χ1) is 12.4. The summed E-state index contributed by atoms with van der Waals surface area (Å²) in [6.07, 6.45) is 0. The van der Waals surface area contributed by atoms with Crippen molar-refractivity contribution >= 4 is 21.4 Å². The highest BCUT2D eigenvalue weighted by Gasteiger charge is 2.30. The molecule has 0 amide bonds. The lowest BCUT2D eigenvalue weighted by Crippen LogP contribution is -2.46. The lowest BCUT2D eigenvalue weighted by molar-refractivity contribution is 0.413. The Kier molecular flexibility index (Phi) is 5.53. The summed E-state index contributed by atoms with van der Waals surface area (Å²) in [4.78, 5) is 4.41. The predicted octanol–water partition coefficient (Wildman–Crippen LogP) is 2.71. The van der Waals surface area contributed by atoms with Crippen molar-refractivity contribution in [2.45, 2.75) is 12.7 Å². The summed E-state index contributed by atoms with van der Waals surface area (Å²) in [5.41, 5.74) is 3.68. The zero-order valence-electron chi connectivity index (χ0n) is 15.7. The van der Waals surface area contributed by atoms with Gasteiger partial charge in [0.1, 0.15) is 0 Å². The van der Waals surface area contributed by atoms with E-state index in [1.807, 2.05) is 55.5 Å². The van der Waals surface area contributed by atoms with Crippen LogP contribution in [0.4, 0.5) is 11.4 Å². The van der Waals surface area contributed by atoms with Crippen molar-refractivity contribution in [2.75, 3.05) is 49.5 Å². The number of benzene rings is 2. The molecule has 2 aromatic rings. The SMILES string of the molecule is Cc1cccc(CS(=O)(=O)N2CCN(CCN(C)C)c3ccccc32)c1. The molecule has 1 aliphatic heterocycles. The molecule has 0 spiro atoms. The van der Waals surface area contributed by atoms with E-state index in [2.05, 4.69) is 23.9 Å². The minimum atomic E-state index is -3.43. The number of aryl methyl sites for hydroxylation is 1. The Hall–Kier alpha value is -2.05. The maximum absolute atomic E-state index is 13.1. The highest BCUT2D eigenvalue weighted by molar-refractivity contribution is 7.92. The smallest absolute Gasteiger partial charge is 0.239 e. The van der Waals surface area contributed by atoms with Gasteiger partial charge in [-0.15, -0.1) is 0 Å².